The van der Waals surface area contributed by atoms with Crippen LogP contribution in [-0.4, -0.2) is 101 Å². The maximum Gasteiger partial charge on any atom is 0.234 e. The lowest BCUT2D eigenvalue weighted by molar-refractivity contribution is -0.142. The van der Waals surface area contributed by atoms with E-state index < -0.39 is 5.41 Å². The zero-order valence-corrected chi connectivity index (χ0v) is 35.7. The highest BCUT2D eigenvalue weighted by Gasteiger charge is 2.49. The first kappa shape index (κ1) is 41.1. The molecule has 5 fully saturated rings. The second-order valence-corrected chi connectivity index (χ2v) is 18.6. The summed E-state index contributed by atoms with van der Waals surface area (Å²) in [5.74, 6) is 0.467. The van der Waals surface area contributed by atoms with Gasteiger partial charge in [-0.15, -0.1) is 0 Å². The van der Waals surface area contributed by atoms with Gasteiger partial charge in [0.05, 0.1) is 28.9 Å². The maximum absolute atomic E-state index is 15.2. The SMILES string of the molecule is CN(C(=O)C1(c2ccccc2)CCN(c2cnnc(-c3ccccc3O)c2)CC1)[C@H]1CCN(CC2CCN(c3ccc([C@H]4CCC(=O)NC4=O)cc3)CC2)C2(CCCCC2)C1. The number of hydrogen-bond donors (Lipinski definition) is 2. The molecule has 5 aliphatic rings. The summed E-state index contributed by atoms with van der Waals surface area (Å²) in [7, 11) is 2.09. The van der Waals surface area contributed by atoms with Crippen molar-refractivity contribution in [1.82, 2.24) is 25.3 Å². The van der Waals surface area contributed by atoms with Gasteiger partial charge in [0.2, 0.25) is 17.7 Å². The number of amides is 3. The standard InChI is InChI=1S/C50H61N7O4/c1-54(48(61)50(38-10-4-2-5-11-38)25-30-56(31-26-50)41-32-44(53-51-34-41)43-12-6-7-13-45(43)58)40-22-29-57(49(33-40)23-8-3-9-24-49)35-36-20-27-55(28-21-36)39-16-14-37(15-17-39)42-18-19-46(59)52-47(42)60/h2,4-7,10-17,32,34,36,40,42,58H,3,8-9,18-31,33,35H2,1H3,(H,52,59,60)/t40-,42+/m0/s1. The molecule has 3 amide bonds. The van der Waals surface area contributed by atoms with Crippen LogP contribution in [-0.2, 0) is 19.8 Å². The third-order valence-corrected chi connectivity index (χ3v) is 15.2. The van der Waals surface area contributed by atoms with Gasteiger partial charge in [0.15, 0.2) is 0 Å². The van der Waals surface area contributed by atoms with Crippen molar-refractivity contribution in [2.75, 3.05) is 56.1 Å². The van der Waals surface area contributed by atoms with Crippen molar-refractivity contribution in [2.45, 2.75) is 106 Å². The Hall–Kier alpha value is -5.29. The molecule has 11 heteroatoms. The summed E-state index contributed by atoms with van der Waals surface area (Å²) >= 11 is 0. The van der Waals surface area contributed by atoms with Crippen LogP contribution in [0.25, 0.3) is 11.3 Å². The number of para-hydroxylation sites is 1. The Kier molecular flexibility index (Phi) is 11.8. The first-order valence-electron chi connectivity index (χ1n) is 22.8. The lowest BCUT2D eigenvalue weighted by Crippen LogP contribution is -2.62. The first-order chi connectivity index (χ1) is 29.7. The smallest absolute Gasteiger partial charge is 0.234 e. The van der Waals surface area contributed by atoms with E-state index in [1.165, 1.54) is 37.8 Å². The van der Waals surface area contributed by atoms with Gasteiger partial charge in [-0.25, -0.2) is 0 Å². The van der Waals surface area contributed by atoms with Crippen LogP contribution in [0.3, 0.4) is 0 Å². The second kappa shape index (κ2) is 17.6. The summed E-state index contributed by atoms with van der Waals surface area (Å²) in [6.07, 6.45) is 14.8. The molecular weight excluding hydrogens is 763 g/mol. The van der Waals surface area contributed by atoms with Crippen LogP contribution in [0.4, 0.5) is 11.4 Å². The summed E-state index contributed by atoms with van der Waals surface area (Å²) < 4.78 is 0. The van der Waals surface area contributed by atoms with Crippen molar-refractivity contribution in [2.24, 2.45) is 5.92 Å². The van der Waals surface area contributed by atoms with Crippen molar-refractivity contribution in [3.8, 4) is 17.0 Å². The van der Waals surface area contributed by atoms with Crippen molar-refractivity contribution in [1.29, 1.82) is 0 Å². The van der Waals surface area contributed by atoms with E-state index in [1.807, 2.05) is 24.3 Å². The summed E-state index contributed by atoms with van der Waals surface area (Å²) in [6, 6.07) is 28.3. The molecule has 11 nitrogen and oxygen atoms in total. The molecule has 1 saturated carbocycles. The number of nitrogens with one attached hydrogen (secondary N) is 1. The number of nitrogens with zero attached hydrogens (tertiary/aromatic N) is 6. The molecule has 4 saturated heterocycles. The Morgan fingerprint density at radius 2 is 1.51 bits per heavy atom. The predicted molar refractivity (Wildman–Crippen MR) is 238 cm³/mol. The van der Waals surface area contributed by atoms with E-state index in [9.17, 15) is 14.7 Å². The molecular formula is C50H61N7O4. The molecule has 1 spiro atoms. The number of rotatable bonds is 9. The number of phenolic OH excluding ortho intramolecular Hbond substituents is 1. The topological polar surface area (TPSA) is 122 Å². The molecule has 0 radical (unpaired) electrons. The number of phenols is 1. The number of carbonyl (C=O) groups is 3. The highest BCUT2D eigenvalue weighted by Crippen LogP contribution is 2.45. The van der Waals surface area contributed by atoms with Crippen molar-refractivity contribution in [3.05, 3.63) is 102 Å². The number of hydrogen-bond acceptors (Lipinski definition) is 9. The fraction of sp³-hybridized carbons (Fsp3) is 0.500. The third kappa shape index (κ3) is 8.38. The molecule has 5 heterocycles. The van der Waals surface area contributed by atoms with E-state index >= 15 is 4.79 Å². The van der Waals surface area contributed by atoms with Gasteiger partial charge in [-0.2, -0.15) is 10.2 Å². The minimum Gasteiger partial charge on any atom is -0.507 e. The second-order valence-electron chi connectivity index (χ2n) is 18.6. The van der Waals surface area contributed by atoms with E-state index in [2.05, 4.69) is 90.7 Å². The van der Waals surface area contributed by atoms with E-state index in [4.69, 9.17) is 0 Å². The molecule has 1 aromatic heterocycles. The number of aromatic nitrogens is 2. The van der Waals surface area contributed by atoms with E-state index in [0.29, 0.717) is 42.9 Å². The van der Waals surface area contributed by atoms with Gasteiger partial charge < -0.3 is 19.8 Å². The molecule has 2 atom stereocenters. The Balaban J connectivity index is 0.849. The number of likely N-dealkylation sites (tertiary alicyclic amines) is 1. The van der Waals surface area contributed by atoms with Crippen LogP contribution in [0.2, 0.25) is 0 Å². The lowest BCUT2D eigenvalue weighted by Gasteiger charge is -2.55. The molecule has 4 aliphatic heterocycles. The molecule has 9 rings (SSSR count). The van der Waals surface area contributed by atoms with Crippen LogP contribution in [0.15, 0.2) is 91.1 Å². The summed E-state index contributed by atoms with van der Waals surface area (Å²) in [4.78, 5) is 49.1. The number of benzene rings is 3. The quantitative estimate of drug-likeness (QED) is 0.166. The number of piperidine rings is 4. The Morgan fingerprint density at radius 3 is 2.23 bits per heavy atom. The normalized spacial score (nSPS) is 23.4. The highest BCUT2D eigenvalue weighted by atomic mass is 16.3. The Bertz CT molecular complexity index is 2180. The number of aromatic hydroxyl groups is 1. The van der Waals surface area contributed by atoms with Gasteiger partial charge >= 0.3 is 0 Å². The van der Waals surface area contributed by atoms with Gasteiger partial charge in [-0.05, 0) is 105 Å². The van der Waals surface area contributed by atoms with Crippen molar-refractivity contribution >= 4 is 29.1 Å². The Morgan fingerprint density at radius 1 is 0.803 bits per heavy atom. The van der Waals surface area contributed by atoms with Gasteiger partial charge in [0.25, 0.3) is 0 Å². The fourth-order valence-corrected chi connectivity index (χ4v) is 11.6. The van der Waals surface area contributed by atoms with E-state index in [0.717, 1.165) is 81.8 Å². The van der Waals surface area contributed by atoms with Crippen LogP contribution < -0.4 is 15.1 Å². The van der Waals surface area contributed by atoms with Crippen LogP contribution in [0.5, 0.6) is 5.75 Å². The summed E-state index contributed by atoms with van der Waals surface area (Å²) in [6.45, 7) is 5.65. The predicted octanol–water partition coefficient (Wildman–Crippen LogP) is 7.45. The molecule has 0 unspecified atom stereocenters. The van der Waals surface area contributed by atoms with E-state index in [-0.39, 0.29) is 41.0 Å². The van der Waals surface area contributed by atoms with E-state index in [1.54, 1.807) is 18.3 Å². The first-order valence-corrected chi connectivity index (χ1v) is 22.8. The zero-order valence-electron chi connectivity index (χ0n) is 35.7. The van der Waals surface area contributed by atoms with Crippen molar-refractivity contribution in [3.63, 3.8) is 0 Å². The monoisotopic (exact) mass is 823 g/mol. The van der Waals surface area contributed by atoms with Crippen LogP contribution >= 0.6 is 0 Å². The molecule has 61 heavy (non-hydrogen) atoms. The van der Waals surface area contributed by atoms with Gasteiger partial charge in [0, 0.05) is 75.6 Å². The number of likely N-dealkylation sites (N-methyl/N-ethyl adjacent to an activating group) is 1. The average Bonchev–Trinajstić information content (AvgIpc) is 3.30. The van der Waals surface area contributed by atoms with Crippen molar-refractivity contribution < 1.29 is 19.5 Å². The molecule has 3 aromatic carbocycles. The molecule has 4 aromatic rings. The largest absolute Gasteiger partial charge is 0.507 e. The molecule has 320 valence electrons. The fourth-order valence-electron chi connectivity index (χ4n) is 11.6. The minimum atomic E-state index is -0.608. The average molecular weight is 824 g/mol. The van der Waals surface area contributed by atoms with Gasteiger partial charge in [0.1, 0.15) is 5.75 Å². The Labute approximate surface area is 360 Å². The van der Waals surface area contributed by atoms with Crippen LogP contribution in [0, 0.1) is 5.92 Å². The number of carbonyl (C=O) groups excluding carboxylic acids is 3. The van der Waals surface area contributed by atoms with Gasteiger partial charge in [-0.3, -0.25) is 24.6 Å². The number of imide groups is 1. The summed E-state index contributed by atoms with van der Waals surface area (Å²) in [5.41, 5.74) is 5.07. The maximum atomic E-state index is 15.2. The lowest BCUT2D eigenvalue weighted by atomic mass is 9.70. The minimum absolute atomic E-state index is 0.140. The summed E-state index contributed by atoms with van der Waals surface area (Å²) in [5, 5.41) is 21.6. The molecule has 2 N–H and O–H groups in total. The van der Waals surface area contributed by atoms with Crippen LogP contribution in [0.1, 0.15) is 101 Å². The zero-order chi connectivity index (χ0) is 42.0. The highest BCUT2D eigenvalue weighted by molar-refractivity contribution is 6.01. The van der Waals surface area contributed by atoms with Gasteiger partial charge in [-0.1, -0.05) is 73.9 Å². The molecule has 1 aliphatic carbocycles. The molecule has 0 bridgehead atoms. The third-order valence-electron chi connectivity index (χ3n) is 15.2. The number of anilines is 2.